The lowest BCUT2D eigenvalue weighted by molar-refractivity contribution is -0.00645. The van der Waals surface area contributed by atoms with E-state index in [4.69, 9.17) is 15.2 Å². The first-order chi connectivity index (χ1) is 19.3. The Bertz CT molecular complexity index is 1660. The summed E-state index contributed by atoms with van der Waals surface area (Å²) in [6.07, 6.45) is -0.672. The summed E-state index contributed by atoms with van der Waals surface area (Å²) in [5, 5.41) is 30.7. The van der Waals surface area contributed by atoms with Crippen LogP contribution in [0.5, 0.6) is 5.75 Å². The third-order valence-corrected chi connectivity index (χ3v) is 7.42. The predicted molar refractivity (Wildman–Crippen MR) is 146 cm³/mol. The summed E-state index contributed by atoms with van der Waals surface area (Å²) in [7, 11) is 1.44. The number of aryl methyl sites for hydroxylation is 1. The predicted octanol–water partition coefficient (Wildman–Crippen LogP) is 3.83. The van der Waals surface area contributed by atoms with Crippen LogP contribution in [0, 0.1) is 18.6 Å². The molecule has 41 heavy (non-hydrogen) atoms. The average Bonchev–Trinajstić information content (AvgIpc) is 3.30. The van der Waals surface area contributed by atoms with E-state index in [9.17, 15) is 19.4 Å². The van der Waals surface area contributed by atoms with Crippen LogP contribution in [0.2, 0.25) is 0 Å². The van der Waals surface area contributed by atoms with Crippen LogP contribution in [0.15, 0.2) is 42.5 Å². The molecule has 1 amide bonds. The van der Waals surface area contributed by atoms with Gasteiger partial charge < -0.3 is 25.4 Å². The number of halogens is 2. The summed E-state index contributed by atoms with van der Waals surface area (Å²) in [6, 6.07) is 9.70. The summed E-state index contributed by atoms with van der Waals surface area (Å²) in [6.45, 7) is 4.62. The molecule has 0 aliphatic carbocycles. The Morgan fingerprint density at radius 2 is 1.90 bits per heavy atom. The topological polar surface area (TPSA) is 141 Å². The van der Waals surface area contributed by atoms with Gasteiger partial charge in [-0.2, -0.15) is 5.10 Å². The minimum Gasteiger partial charge on any atom is -0.494 e. The smallest absolute Gasteiger partial charge is 0.248 e. The van der Waals surface area contributed by atoms with Crippen molar-refractivity contribution in [2.75, 3.05) is 13.7 Å². The number of hydrogen-bond donors (Lipinski definition) is 3. The zero-order chi connectivity index (χ0) is 29.7. The number of nitrogens with two attached hydrogens (primary N) is 1. The first kappa shape index (κ1) is 28.5. The molecule has 2 atom stereocenters. The van der Waals surface area contributed by atoms with Crippen molar-refractivity contribution in [1.29, 1.82) is 0 Å². The number of rotatable bonds is 7. The van der Waals surface area contributed by atoms with E-state index >= 15 is 4.39 Å². The molecule has 1 fully saturated rings. The van der Waals surface area contributed by atoms with Gasteiger partial charge in [0.05, 0.1) is 36.8 Å². The van der Waals surface area contributed by atoms with Crippen LogP contribution in [-0.4, -0.2) is 51.1 Å². The number of nitrogens with zero attached hydrogens (tertiary/aromatic N) is 3. The number of methoxy groups -OCH3 is 1. The molecular weight excluding hydrogens is 534 g/mol. The molecule has 0 bridgehead atoms. The fourth-order valence-corrected chi connectivity index (χ4v) is 5.28. The molecule has 3 heterocycles. The van der Waals surface area contributed by atoms with Gasteiger partial charge in [0.25, 0.3) is 0 Å². The molecule has 1 aliphatic heterocycles. The second-order valence-corrected chi connectivity index (χ2v) is 10.8. The zero-order valence-electron chi connectivity index (χ0n) is 23.0. The van der Waals surface area contributed by atoms with Crippen LogP contribution in [-0.2, 0) is 22.4 Å². The van der Waals surface area contributed by atoms with Crippen molar-refractivity contribution in [3.05, 3.63) is 82.2 Å². The molecule has 4 aromatic rings. The van der Waals surface area contributed by atoms with Gasteiger partial charge in [-0.15, -0.1) is 5.10 Å². The summed E-state index contributed by atoms with van der Waals surface area (Å²) in [5.41, 5.74) is 4.84. The third kappa shape index (κ3) is 5.23. The lowest BCUT2D eigenvalue weighted by Gasteiger charge is -2.31. The highest BCUT2D eigenvalue weighted by atomic mass is 19.1. The molecule has 0 saturated carbocycles. The van der Waals surface area contributed by atoms with Gasteiger partial charge in [-0.25, -0.2) is 13.8 Å². The number of aliphatic hydroxyl groups excluding tert-OH is 1. The second-order valence-electron chi connectivity index (χ2n) is 10.8. The number of ether oxygens (including phenoxy) is 2. The number of aromatic nitrogens is 3. The maximum atomic E-state index is 15.8. The second kappa shape index (κ2) is 10.4. The molecule has 1 aliphatic rings. The highest BCUT2D eigenvalue weighted by molar-refractivity contribution is 6.00. The molecule has 214 valence electrons. The number of carbonyl (C=O) groups is 1. The number of carbonyl (C=O) groups excluding carboxylic acids is 1. The minimum atomic E-state index is -1.61. The molecule has 5 rings (SSSR count). The van der Waals surface area contributed by atoms with Gasteiger partial charge in [0.15, 0.2) is 5.82 Å². The van der Waals surface area contributed by atoms with E-state index in [1.165, 1.54) is 57.4 Å². The van der Waals surface area contributed by atoms with Crippen molar-refractivity contribution in [2.45, 2.75) is 50.9 Å². The Morgan fingerprint density at radius 1 is 1.20 bits per heavy atom. The van der Waals surface area contributed by atoms with Gasteiger partial charge in [-0.05, 0) is 68.8 Å². The summed E-state index contributed by atoms with van der Waals surface area (Å²) in [4.78, 5) is 16.8. The van der Waals surface area contributed by atoms with Crippen molar-refractivity contribution in [3.63, 3.8) is 0 Å². The van der Waals surface area contributed by atoms with Gasteiger partial charge in [0, 0.05) is 34.9 Å². The Balaban J connectivity index is 1.76. The van der Waals surface area contributed by atoms with Crippen molar-refractivity contribution in [1.82, 2.24) is 15.2 Å². The van der Waals surface area contributed by atoms with Crippen LogP contribution >= 0.6 is 0 Å². The first-order valence-electron chi connectivity index (χ1n) is 13.0. The molecule has 0 radical (unpaired) electrons. The van der Waals surface area contributed by atoms with E-state index in [1.54, 1.807) is 13.0 Å². The SMILES string of the molecule is COc1cc(C(N)=O)cc2c(C[C@]3(c4cc(C(C)(C)O)c(F)c(-c5ccc(F)cc5)n4)C[C@H](O)CO3)c(C)nnc12. The van der Waals surface area contributed by atoms with Gasteiger partial charge in [-0.1, -0.05) is 0 Å². The van der Waals surface area contributed by atoms with E-state index in [0.717, 1.165) is 0 Å². The van der Waals surface area contributed by atoms with Crippen LogP contribution in [0.4, 0.5) is 8.78 Å². The summed E-state index contributed by atoms with van der Waals surface area (Å²) < 4.78 is 41.2. The normalized spacial score (nSPS) is 19.1. The van der Waals surface area contributed by atoms with Gasteiger partial charge >= 0.3 is 0 Å². The van der Waals surface area contributed by atoms with Crippen molar-refractivity contribution >= 4 is 16.8 Å². The van der Waals surface area contributed by atoms with E-state index in [0.29, 0.717) is 33.5 Å². The largest absolute Gasteiger partial charge is 0.494 e. The number of aliphatic hydroxyl groups is 2. The molecular formula is C30H30F2N4O5. The molecule has 0 unspecified atom stereocenters. The van der Waals surface area contributed by atoms with Crippen LogP contribution in [0.1, 0.15) is 53.1 Å². The number of hydrogen-bond acceptors (Lipinski definition) is 8. The molecule has 2 aromatic carbocycles. The summed E-state index contributed by atoms with van der Waals surface area (Å²) >= 11 is 0. The van der Waals surface area contributed by atoms with Crippen LogP contribution in [0.3, 0.4) is 0 Å². The highest BCUT2D eigenvalue weighted by Crippen LogP contribution is 2.43. The first-order valence-corrected chi connectivity index (χ1v) is 13.0. The molecule has 0 spiro atoms. The summed E-state index contributed by atoms with van der Waals surface area (Å²) in [5.74, 6) is -1.62. The Labute approximate surface area is 235 Å². The lowest BCUT2D eigenvalue weighted by atomic mass is 9.83. The Hall–Kier alpha value is -4.06. The van der Waals surface area contributed by atoms with Crippen molar-refractivity contribution in [2.24, 2.45) is 5.73 Å². The number of fused-ring (bicyclic) bond motifs is 1. The van der Waals surface area contributed by atoms with E-state index in [1.807, 2.05) is 0 Å². The van der Waals surface area contributed by atoms with E-state index in [2.05, 4.69) is 15.2 Å². The Kier molecular flexibility index (Phi) is 7.22. The molecule has 9 nitrogen and oxygen atoms in total. The monoisotopic (exact) mass is 564 g/mol. The molecule has 2 aromatic heterocycles. The Morgan fingerprint density at radius 3 is 2.49 bits per heavy atom. The molecule has 4 N–H and O–H groups in total. The fourth-order valence-electron chi connectivity index (χ4n) is 5.28. The highest BCUT2D eigenvalue weighted by Gasteiger charge is 2.45. The number of amides is 1. The molecule has 11 heteroatoms. The average molecular weight is 565 g/mol. The maximum absolute atomic E-state index is 15.8. The van der Waals surface area contributed by atoms with E-state index in [-0.39, 0.29) is 42.0 Å². The zero-order valence-corrected chi connectivity index (χ0v) is 23.0. The fraction of sp³-hybridized carbons (Fsp3) is 0.333. The number of benzene rings is 2. The minimum absolute atomic E-state index is 0.0197. The van der Waals surface area contributed by atoms with Crippen LogP contribution in [0.25, 0.3) is 22.2 Å². The maximum Gasteiger partial charge on any atom is 0.248 e. The number of pyridine rings is 1. The van der Waals surface area contributed by atoms with Crippen molar-refractivity contribution < 1.29 is 33.3 Å². The van der Waals surface area contributed by atoms with Gasteiger partial charge in [0.1, 0.15) is 28.4 Å². The number of primary amides is 1. The van der Waals surface area contributed by atoms with Gasteiger partial charge in [-0.3, -0.25) is 4.79 Å². The quantitative estimate of drug-likeness (QED) is 0.308. The third-order valence-electron chi connectivity index (χ3n) is 7.42. The lowest BCUT2D eigenvalue weighted by Crippen LogP contribution is -2.32. The molecule has 1 saturated heterocycles. The van der Waals surface area contributed by atoms with Crippen LogP contribution < -0.4 is 10.5 Å². The van der Waals surface area contributed by atoms with Crippen molar-refractivity contribution in [3.8, 4) is 17.0 Å². The van der Waals surface area contributed by atoms with E-state index < -0.39 is 34.8 Å². The standard InChI is InChI=1S/C30H30F2N4O5/c1-15-21(20-9-17(28(33)38)10-23(40-4)27(20)36-35-15)13-30(12-19(37)14-41-30)24-11-22(29(2,3)39)25(32)26(34-24)16-5-7-18(31)8-6-16/h5-11,19,37,39H,12-14H2,1-4H3,(H2,33,38)/t19-,30-/m0/s1. The van der Waals surface area contributed by atoms with Gasteiger partial charge in [0.2, 0.25) is 5.91 Å².